The van der Waals surface area contributed by atoms with Gasteiger partial charge in [0.15, 0.2) is 0 Å². The summed E-state index contributed by atoms with van der Waals surface area (Å²) in [5.41, 5.74) is 1.22. The van der Waals surface area contributed by atoms with Crippen LogP contribution in [0.15, 0.2) is 42.5 Å². The molecule has 1 aliphatic rings. The number of fused-ring (bicyclic) bond motifs is 1. The maximum Gasteiger partial charge on any atom is 0.237 e. The van der Waals surface area contributed by atoms with Crippen molar-refractivity contribution in [1.82, 2.24) is 10.6 Å². The van der Waals surface area contributed by atoms with Gasteiger partial charge < -0.3 is 5.32 Å². The predicted octanol–water partition coefficient (Wildman–Crippen LogP) is 2.77. The van der Waals surface area contributed by atoms with Crippen molar-refractivity contribution in [3.63, 3.8) is 0 Å². The Bertz CT molecular complexity index is 623. The van der Waals surface area contributed by atoms with Gasteiger partial charge in [0.1, 0.15) is 0 Å². The first-order valence-electron chi connectivity index (χ1n) is 7.26. The first-order valence-corrected chi connectivity index (χ1v) is 7.26. The number of nitrogens with one attached hydrogen (secondary N) is 2. The minimum Gasteiger partial charge on any atom is -0.355 e. The Hall–Kier alpha value is -1.87. The van der Waals surface area contributed by atoms with Crippen LogP contribution in [-0.2, 0) is 4.79 Å². The Morgan fingerprint density at radius 3 is 2.80 bits per heavy atom. The molecule has 1 amide bonds. The topological polar surface area (TPSA) is 41.1 Å². The van der Waals surface area contributed by atoms with Gasteiger partial charge in [0, 0.05) is 12.6 Å². The van der Waals surface area contributed by atoms with Crippen molar-refractivity contribution in [3.8, 4) is 0 Å². The van der Waals surface area contributed by atoms with Crippen molar-refractivity contribution in [3.05, 3.63) is 48.0 Å². The molecule has 3 nitrogen and oxygen atoms in total. The van der Waals surface area contributed by atoms with E-state index in [1.54, 1.807) is 0 Å². The summed E-state index contributed by atoms with van der Waals surface area (Å²) in [7, 11) is 0. The molecule has 0 aliphatic carbocycles. The van der Waals surface area contributed by atoms with Crippen LogP contribution in [0.25, 0.3) is 10.8 Å². The second-order valence-corrected chi connectivity index (χ2v) is 5.48. The number of amides is 1. The molecule has 1 saturated heterocycles. The van der Waals surface area contributed by atoms with Crippen LogP contribution < -0.4 is 10.6 Å². The molecule has 1 heterocycles. The van der Waals surface area contributed by atoms with Gasteiger partial charge in [-0.05, 0) is 42.2 Å². The standard InChI is InChI=1S/C17H20N2O/c1-12(19-16-7-4-10-18-17(16)20)14-9-8-13-5-2-3-6-15(13)11-14/h2-3,5-6,8-9,11-12,16,19H,4,7,10H2,1H3,(H,18,20). The van der Waals surface area contributed by atoms with E-state index in [2.05, 4.69) is 60.0 Å². The molecule has 104 valence electrons. The van der Waals surface area contributed by atoms with Crippen LogP contribution >= 0.6 is 0 Å². The van der Waals surface area contributed by atoms with Crippen LogP contribution in [0.3, 0.4) is 0 Å². The Morgan fingerprint density at radius 1 is 1.20 bits per heavy atom. The van der Waals surface area contributed by atoms with Crippen LogP contribution in [0, 0.1) is 0 Å². The second-order valence-electron chi connectivity index (χ2n) is 5.48. The Kier molecular flexibility index (Phi) is 3.70. The fourth-order valence-electron chi connectivity index (χ4n) is 2.81. The third-order valence-electron chi connectivity index (χ3n) is 4.01. The SMILES string of the molecule is CC(NC1CCCNC1=O)c1ccc2ccccc2c1. The lowest BCUT2D eigenvalue weighted by Gasteiger charge is -2.26. The molecular formula is C17H20N2O. The highest BCUT2D eigenvalue weighted by Gasteiger charge is 2.23. The molecule has 0 spiro atoms. The molecule has 0 saturated carbocycles. The van der Waals surface area contributed by atoms with E-state index in [-0.39, 0.29) is 18.0 Å². The summed E-state index contributed by atoms with van der Waals surface area (Å²) in [5.74, 6) is 0.129. The maximum atomic E-state index is 11.8. The summed E-state index contributed by atoms with van der Waals surface area (Å²) in [6.45, 7) is 2.92. The van der Waals surface area contributed by atoms with E-state index in [0.717, 1.165) is 19.4 Å². The molecule has 20 heavy (non-hydrogen) atoms. The lowest BCUT2D eigenvalue weighted by atomic mass is 10.0. The van der Waals surface area contributed by atoms with Crippen molar-refractivity contribution in [2.75, 3.05) is 6.54 Å². The zero-order valence-corrected chi connectivity index (χ0v) is 11.7. The fraction of sp³-hybridized carbons (Fsp3) is 0.353. The average Bonchev–Trinajstić information content (AvgIpc) is 2.49. The van der Waals surface area contributed by atoms with Gasteiger partial charge in [-0.1, -0.05) is 36.4 Å². The third kappa shape index (κ3) is 2.68. The monoisotopic (exact) mass is 268 g/mol. The van der Waals surface area contributed by atoms with Crippen molar-refractivity contribution in [2.45, 2.75) is 31.8 Å². The minimum absolute atomic E-state index is 0.0646. The van der Waals surface area contributed by atoms with Gasteiger partial charge in [-0.2, -0.15) is 0 Å². The summed E-state index contributed by atoms with van der Waals surface area (Å²) in [6.07, 6.45) is 1.97. The van der Waals surface area contributed by atoms with Gasteiger partial charge in [0.05, 0.1) is 6.04 Å². The summed E-state index contributed by atoms with van der Waals surface area (Å²) in [5, 5.41) is 8.85. The Balaban J connectivity index is 1.77. The molecular weight excluding hydrogens is 248 g/mol. The number of benzene rings is 2. The number of hydrogen-bond donors (Lipinski definition) is 2. The van der Waals surface area contributed by atoms with Crippen molar-refractivity contribution < 1.29 is 4.79 Å². The van der Waals surface area contributed by atoms with E-state index in [4.69, 9.17) is 0 Å². The van der Waals surface area contributed by atoms with E-state index in [1.807, 2.05) is 0 Å². The van der Waals surface area contributed by atoms with E-state index in [0.29, 0.717) is 0 Å². The van der Waals surface area contributed by atoms with Gasteiger partial charge in [-0.15, -0.1) is 0 Å². The molecule has 2 aromatic carbocycles. The number of carbonyl (C=O) groups is 1. The zero-order chi connectivity index (χ0) is 13.9. The van der Waals surface area contributed by atoms with Crippen LogP contribution in [-0.4, -0.2) is 18.5 Å². The Labute approximate surface area is 119 Å². The lowest BCUT2D eigenvalue weighted by molar-refractivity contribution is -0.124. The fourth-order valence-corrected chi connectivity index (χ4v) is 2.81. The summed E-state index contributed by atoms with van der Waals surface area (Å²) in [6, 6.07) is 14.9. The van der Waals surface area contributed by atoms with Gasteiger partial charge in [0.2, 0.25) is 5.91 Å². The first-order chi connectivity index (χ1) is 9.74. The Morgan fingerprint density at radius 2 is 2.00 bits per heavy atom. The van der Waals surface area contributed by atoms with Crippen LogP contribution in [0.1, 0.15) is 31.4 Å². The molecule has 0 radical (unpaired) electrons. The molecule has 2 unspecified atom stereocenters. The van der Waals surface area contributed by atoms with E-state index in [1.165, 1.54) is 16.3 Å². The minimum atomic E-state index is -0.0646. The highest BCUT2D eigenvalue weighted by Crippen LogP contribution is 2.21. The van der Waals surface area contributed by atoms with Gasteiger partial charge in [-0.3, -0.25) is 10.1 Å². The molecule has 1 fully saturated rings. The number of rotatable bonds is 3. The average molecular weight is 268 g/mol. The molecule has 2 N–H and O–H groups in total. The largest absolute Gasteiger partial charge is 0.355 e. The van der Waals surface area contributed by atoms with Gasteiger partial charge in [-0.25, -0.2) is 0 Å². The zero-order valence-electron chi connectivity index (χ0n) is 11.7. The van der Waals surface area contributed by atoms with E-state index in [9.17, 15) is 4.79 Å². The van der Waals surface area contributed by atoms with Crippen LogP contribution in [0.2, 0.25) is 0 Å². The van der Waals surface area contributed by atoms with Gasteiger partial charge >= 0.3 is 0 Å². The molecule has 3 rings (SSSR count). The van der Waals surface area contributed by atoms with Crippen molar-refractivity contribution in [2.24, 2.45) is 0 Å². The summed E-state index contributed by atoms with van der Waals surface area (Å²) < 4.78 is 0. The highest BCUT2D eigenvalue weighted by molar-refractivity contribution is 5.83. The second kappa shape index (κ2) is 5.63. The smallest absolute Gasteiger partial charge is 0.237 e. The maximum absolute atomic E-state index is 11.8. The predicted molar refractivity (Wildman–Crippen MR) is 81.5 cm³/mol. The number of hydrogen-bond acceptors (Lipinski definition) is 2. The molecule has 2 atom stereocenters. The first kappa shape index (κ1) is 13.1. The van der Waals surface area contributed by atoms with E-state index < -0.39 is 0 Å². The van der Waals surface area contributed by atoms with Crippen molar-refractivity contribution in [1.29, 1.82) is 0 Å². The lowest BCUT2D eigenvalue weighted by Crippen LogP contribution is -2.48. The highest BCUT2D eigenvalue weighted by atomic mass is 16.2. The molecule has 0 aromatic heterocycles. The van der Waals surface area contributed by atoms with Crippen LogP contribution in [0.5, 0.6) is 0 Å². The third-order valence-corrected chi connectivity index (χ3v) is 4.01. The van der Waals surface area contributed by atoms with E-state index >= 15 is 0 Å². The summed E-state index contributed by atoms with van der Waals surface area (Å²) in [4.78, 5) is 11.8. The normalized spacial score (nSPS) is 20.6. The van der Waals surface area contributed by atoms with Gasteiger partial charge in [0.25, 0.3) is 0 Å². The quantitative estimate of drug-likeness (QED) is 0.898. The molecule has 2 aromatic rings. The number of piperidine rings is 1. The molecule has 0 bridgehead atoms. The number of carbonyl (C=O) groups excluding carboxylic acids is 1. The molecule has 1 aliphatic heterocycles. The van der Waals surface area contributed by atoms with Crippen LogP contribution in [0.4, 0.5) is 0 Å². The molecule has 3 heteroatoms. The summed E-state index contributed by atoms with van der Waals surface area (Å²) >= 11 is 0. The van der Waals surface area contributed by atoms with Crippen molar-refractivity contribution >= 4 is 16.7 Å².